The van der Waals surface area contributed by atoms with Gasteiger partial charge in [0.15, 0.2) is 0 Å². The third kappa shape index (κ3) is 48.3. The standard InChI is InChI=1S/C55H106N3O12P/c1-4-7-10-13-16-19-22-25-30-37-49(60)45-52(61)57-48(36-35-42-56-41-33-28-29-34-43-59)47-68-55(64)51(40-44-69-71(65,66)67)58-53(62)46-50(38-31-26-23-20-17-14-11-8-5-2)70-54(63)39-32-27-24-21-18-15-12-9-6-3/h43,48-51,56,60H,4-42,44-47H2,1-3H3,(H,57,61)(H,58,62)(H2,65,66,67)/t48-,49+,50+,51+/m0/s1. The minimum atomic E-state index is -4.89. The van der Waals surface area contributed by atoms with E-state index in [1.165, 1.54) is 103 Å². The number of nitrogens with one attached hydrogen (secondary N) is 3. The summed E-state index contributed by atoms with van der Waals surface area (Å²) in [5.74, 6) is -2.18. The largest absolute Gasteiger partial charge is 0.469 e. The average molecular weight is 1030 g/mol. The normalized spacial score (nSPS) is 13.3. The van der Waals surface area contributed by atoms with E-state index in [2.05, 4.69) is 41.2 Å². The number of phosphoric acid groups is 1. The first kappa shape index (κ1) is 68.6. The molecule has 0 heterocycles. The maximum Gasteiger partial charge on any atom is 0.469 e. The van der Waals surface area contributed by atoms with Crippen molar-refractivity contribution >= 4 is 37.9 Å². The lowest BCUT2D eigenvalue weighted by Crippen LogP contribution is -2.46. The van der Waals surface area contributed by atoms with Crippen LogP contribution in [0, 0.1) is 0 Å². The molecule has 0 aliphatic carbocycles. The first-order valence-electron chi connectivity index (χ1n) is 28.8. The number of ether oxygens (including phenoxy) is 2. The van der Waals surface area contributed by atoms with Crippen molar-refractivity contribution in [2.75, 3.05) is 26.3 Å². The highest BCUT2D eigenvalue weighted by Crippen LogP contribution is 2.35. The van der Waals surface area contributed by atoms with E-state index in [9.17, 15) is 43.4 Å². The van der Waals surface area contributed by atoms with E-state index >= 15 is 0 Å². The van der Waals surface area contributed by atoms with Crippen molar-refractivity contribution in [3.05, 3.63) is 0 Å². The molecular weight excluding hydrogens is 926 g/mol. The van der Waals surface area contributed by atoms with Crippen LogP contribution >= 0.6 is 7.82 Å². The van der Waals surface area contributed by atoms with Crippen LogP contribution in [-0.2, 0) is 42.5 Å². The molecule has 0 unspecified atom stereocenters. The molecule has 4 atom stereocenters. The average Bonchev–Trinajstić information content (AvgIpc) is 3.32. The van der Waals surface area contributed by atoms with E-state index in [4.69, 9.17) is 9.47 Å². The van der Waals surface area contributed by atoms with Crippen LogP contribution in [0.25, 0.3) is 0 Å². The third-order valence-electron chi connectivity index (χ3n) is 13.0. The number of unbranched alkanes of at least 4 members (excludes halogenated alkanes) is 27. The summed E-state index contributed by atoms with van der Waals surface area (Å²) in [7, 11) is -4.89. The molecule has 0 saturated carbocycles. The highest BCUT2D eigenvalue weighted by Gasteiger charge is 2.28. The molecule has 0 aromatic heterocycles. The molecule has 0 aliphatic heterocycles. The Morgan fingerprint density at radius 2 is 1.03 bits per heavy atom. The van der Waals surface area contributed by atoms with Gasteiger partial charge in [-0.25, -0.2) is 9.36 Å². The highest BCUT2D eigenvalue weighted by atomic mass is 31.2. The number of aldehydes is 1. The Morgan fingerprint density at radius 3 is 1.56 bits per heavy atom. The maximum atomic E-state index is 13.7. The van der Waals surface area contributed by atoms with Crippen LogP contribution in [0.15, 0.2) is 0 Å². The summed E-state index contributed by atoms with van der Waals surface area (Å²) < 4.78 is 27.8. The van der Waals surface area contributed by atoms with E-state index in [-0.39, 0.29) is 44.2 Å². The zero-order valence-electron chi connectivity index (χ0n) is 45.3. The quantitative estimate of drug-likeness (QED) is 0.0144. The van der Waals surface area contributed by atoms with Crippen LogP contribution < -0.4 is 16.0 Å². The number of rotatable bonds is 54. The minimum absolute atomic E-state index is 0.0944. The lowest BCUT2D eigenvalue weighted by molar-refractivity contribution is -0.153. The Morgan fingerprint density at radius 1 is 0.549 bits per heavy atom. The summed E-state index contributed by atoms with van der Waals surface area (Å²) >= 11 is 0. The van der Waals surface area contributed by atoms with Crippen LogP contribution in [0.4, 0.5) is 0 Å². The van der Waals surface area contributed by atoms with Gasteiger partial charge in [-0.3, -0.25) is 18.9 Å². The second-order valence-corrected chi connectivity index (χ2v) is 21.3. The van der Waals surface area contributed by atoms with Gasteiger partial charge in [0.05, 0.1) is 31.6 Å². The molecule has 0 aromatic rings. The second kappa shape index (κ2) is 49.8. The molecule has 16 heteroatoms. The van der Waals surface area contributed by atoms with Crippen LogP contribution in [0.3, 0.4) is 0 Å². The van der Waals surface area contributed by atoms with E-state index in [1.54, 1.807) is 0 Å². The number of carbonyl (C=O) groups is 5. The summed E-state index contributed by atoms with van der Waals surface area (Å²) in [6, 6.07) is -1.97. The van der Waals surface area contributed by atoms with Crippen molar-refractivity contribution < 1.29 is 57.4 Å². The molecular formula is C55H106N3O12P. The van der Waals surface area contributed by atoms with Gasteiger partial charge in [0.2, 0.25) is 11.8 Å². The van der Waals surface area contributed by atoms with Crippen molar-refractivity contribution in [1.82, 2.24) is 16.0 Å². The Labute approximate surface area is 431 Å². The van der Waals surface area contributed by atoms with Gasteiger partial charge in [0, 0.05) is 19.3 Å². The van der Waals surface area contributed by atoms with Gasteiger partial charge in [-0.1, -0.05) is 188 Å². The predicted octanol–water partition coefficient (Wildman–Crippen LogP) is 11.9. The van der Waals surface area contributed by atoms with Gasteiger partial charge >= 0.3 is 19.8 Å². The molecule has 6 N–H and O–H groups in total. The molecule has 15 nitrogen and oxygen atoms in total. The number of aliphatic hydroxyl groups excluding tert-OH is 1. The van der Waals surface area contributed by atoms with Crippen molar-refractivity contribution in [3.63, 3.8) is 0 Å². The van der Waals surface area contributed by atoms with Crippen molar-refractivity contribution in [2.24, 2.45) is 0 Å². The zero-order valence-corrected chi connectivity index (χ0v) is 46.1. The van der Waals surface area contributed by atoms with Gasteiger partial charge in [-0.05, 0) is 64.5 Å². The van der Waals surface area contributed by atoms with Crippen molar-refractivity contribution in [2.45, 2.75) is 295 Å². The molecule has 71 heavy (non-hydrogen) atoms. The Hall–Kier alpha value is -2.42. The van der Waals surface area contributed by atoms with Gasteiger partial charge in [0.1, 0.15) is 25.0 Å². The van der Waals surface area contributed by atoms with Crippen LogP contribution in [-0.4, -0.2) is 95.5 Å². The zero-order chi connectivity index (χ0) is 52.5. The summed E-state index contributed by atoms with van der Waals surface area (Å²) in [4.78, 5) is 83.0. The molecule has 0 radical (unpaired) electrons. The Bertz CT molecular complexity index is 1340. The molecule has 0 aliphatic rings. The predicted molar refractivity (Wildman–Crippen MR) is 285 cm³/mol. The topological polar surface area (TPSA) is 227 Å². The smallest absolute Gasteiger partial charge is 0.462 e. The first-order valence-corrected chi connectivity index (χ1v) is 30.3. The summed E-state index contributed by atoms with van der Waals surface area (Å²) in [5, 5.41) is 19.7. The van der Waals surface area contributed by atoms with Crippen molar-refractivity contribution in [1.29, 1.82) is 0 Å². The number of hydrogen-bond acceptors (Lipinski definition) is 11. The van der Waals surface area contributed by atoms with Gasteiger partial charge < -0.3 is 45.1 Å². The van der Waals surface area contributed by atoms with Gasteiger partial charge in [-0.15, -0.1) is 0 Å². The van der Waals surface area contributed by atoms with Crippen molar-refractivity contribution in [3.8, 4) is 0 Å². The Balaban J connectivity index is 5.68. The van der Waals surface area contributed by atoms with E-state index in [0.29, 0.717) is 45.1 Å². The monoisotopic (exact) mass is 1030 g/mol. The number of aliphatic hydroxyl groups is 1. The fraction of sp³-hybridized carbons (Fsp3) is 0.909. The summed E-state index contributed by atoms with van der Waals surface area (Å²) in [6.45, 7) is 7.22. The first-order chi connectivity index (χ1) is 34.3. The summed E-state index contributed by atoms with van der Waals surface area (Å²) in [6.07, 6.45) is 34.7. The summed E-state index contributed by atoms with van der Waals surface area (Å²) in [5.41, 5.74) is 0. The molecule has 0 aromatic carbocycles. The number of amides is 2. The SMILES string of the molecule is CCCCCCCCCCCC(=O)O[C@H](CCCCCCCCCCC)CC(=O)N[C@H](CCOP(=O)(O)O)C(=O)OC[C@H](CCCNCCCCCC=O)NC(=O)C[C@H](O)CCCCCCCCCCC. The van der Waals surface area contributed by atoms with E-state index in [1.807, 2.05) is 0 Å². The molecule has 0 bridgehead atoms. The minimum Gasteiger partial charge on any atom is -0.462 e. The highest BCUT2D eigenvalue weighted by molar-refractivity contribution is 7.46. The fourth-order valence-corrected chi connectivity index (χ4v) is 9.08. The second-order valence-electron chi connectivity index (χ2n) is 20.0. The maximum absolute atomic E-state index is 13.7. The number of carbonyl (C=O) groups excluding carboxylic acids is 5. The molecule has 2 amide bonds. The van der Waals surface area contributed by atoms with E-state index in [0.717, 1.165) is 96.3 Å². The lowest BCUT2D eigenvalue weighted by Gasteiger charge is -2.23. The van der Waals surface area contributed by atoms with Crippen LogP contribution in [0.2, 0.25) is 0 Å². The van der Waals surface area contributed by atoms with Gasteiger partial charge in [-0.2, -0.15) is 0 Å². The molecule has 0 spiro atoms. The van der Waals surface area contributed by atoms with Gasteiger partial charge in [0.25, 0.3) is 0 Å². The number of esters is 2. The van der Waals surface area contributed by atoms with E-state index < -0.39 is 50.6 Å². The third-order valence-corrected chi connectivity index (χ3v) is 13.6. The van der Waals surface area contributed by atoms with Crippen LogP contribution in [0.5, 0.6) is 0 Å². The van der Waals surface area contributed by atoms with Crippen LogP contribution in [0.1, 0.15) is 271 Å². The molecule has 418 valence electrons. The Kier molecular flexibility index (Phi) is 48.1. The fourth-order valence-electron chi connectivity index (χ4n) is 8.74. The number of hydrogen-bond donors (Lipinski definition) is 6. The molecule has 0 saturated heterocycles. The number of phosphoric ester groups is 1. The molecule has 0 rings (SSSR count). The molecule has 0 fully saturated rings. The lowest BCUT2D eigenvalue weighted by atomic mass is 10.0.